The molecule has 0 saturated heterocycles. The summed E-state index contributed by atoms with van der Waals surface area (Å²) >= 11 is 0. The van der Waals surface area contributed by atoms with Crippen molar-refractivity contribution >= 4 is 13.9 Å². The highest BCUT2D eigenvalue weighted by atomic mass is 31.1. The van der Waals surface area contributed by atoms with Gasteiger partial charge in [-0.2, -0.15) is 0 Å². The highest BCUT2D eigenvalue weighted by Gasteiger charge is 2.32. The summed E-state index contributed by atoms with van der Waals surface area (Å²) in [5.74, 6) is 0.174. The summed E-state index contributed by atoms with van der Waals surface area (Å²) in [4.78, 5) is 0. The van der Waals surface area contributed by atoms with Crippen LogP contribution in [0.15, 0.2) is 36.4 Å². The first-order valence-electron chi connectivity index (χ1n) is 7.77. The van der Waals surface area contributed by atoms with Crippen molar-refractivity contribution in [3.8, 4) is 5.75 Å². The topological polar surface area (TPSA) is 20.2 Å². The predicted molar refractivity (Wildman–Crippen MR) is 94.2 cm³/mol. The van der Waals surface area contributed by atoms with E-state index in [1.165, 1.54) is 6.07 Å². The molecule has 1 N–H and O–H groups in total. The second kappa shape index (κ2) is 6.79. The van der Waals surface area contributed by atoms with Gasteiger partial charge in [0.05, 0.1) is 0 Å². The lowest BCUT2D eigenvalue weighted by Gasteiger charge is -2.34. The third-order valence-electron chi connectivity index (χ3n) is 4.46. The van der Waals surface area contributed by atoms with E-state index >= 15 is 0 Å². The molecule has 0 aliphatic carbocycles. The van der Waals surface area contributed by atoms with E-state index in [0.29, 0.717) is 14.3 Å². The Balaban J connectivity index is 2.56. The lowest BCUT2D eigenvalue weighted by Crippen LogP contribution is -2.24. The van der Waals surface area contributed by atoms with Crippen LogP contribution in [-0.2, 0) is 5.16 Å². The number of hydrogen-bond acceptors (Lipinski definition) is 1. The van der Waals surface area contributed by atoms with Crippen molar-refractivity contribution in [2.45, 2.75) is 45.7 Å². The molecule has 0 aliphatic heterocycles. The van der Waals surface area contributed by atoms with Crippen molar-refractivity contribution in [2.24, 2.45) is 0 Å². The van der Waals surface area contributed by atoms with E-state index in [4.69, 9.17) is 0 Å². The Labute approximate surface area is 134 Å². The first-order chi connectivity index (χ1) is 10.4. The fourth-order valence-electron chi connectivity index (χ4n) is 2.94. The highest BCUT2D eigenvalue weighted by molar-refractivity contribution is 7.48. The molecule has 1 unspecified atom stereocenters. The third-order valence-corrected chi connectivity index (χ3v) is 6.80. The zero-order valence-corrected chi connectivity index (χ0v) is 14.7. The SMILES string of the molecule is CCC(CC)(Pc1c(C)cccc1F)c1cc(C)ccc1O. The maximum Gasteiger partial charge on any atom is 0.130 e. The van der Waals surface area contributed by atoms with Gasteiger partial charge in [-0.25, -0.2) is 4.39 Å². The Morgan fingerprint density at radius 3 is 2.36 bits per heavy atom. The average molecular weight is 318 g/mol. The van der Waals surface area contributed by atoms with Gasteiger partial charge in [0.25, 0.3) is 0 Å². The summed E-state index contributed by atoms with van der Waals surface area (Å²) in [5, 5.41) is 10.9. The highest BCUT2D eigenvalue weighted by Crippen LogP contribution is 2.50. The minimum atomic E-state index is -0.219. The fraction of sp³-hybridized carbons (Fsp3) is 0.368. The molecule has 0 heterocycles. The second-order valence-electron chi connectivity index (χ2n) is 5.87. The summed E-state index contributed by atoms with van der Waals surface area (Å²) in [6, 6.07) is 10.9. The molecular weight excluding hydrogens is 294 g/mol. The predicted octanol–water partition coefficient (Wildman–Crippen LogP) is 5.17. The molecule has 0 bridgehead atoms. The maximum atomic E-state index is 14.3. The molecule has 2 rings (SSSR count). The molecule has 0 fully saturated rings. The molecule has 0 radical (unpaired) electrons. The van der Waals surface area contributed by atoms with Gasteiger partial charge in [0.2, 0.25) is 0 Å². The van der Waals surface area contributed by atoms with E-state index in [9.17, 15) is 9.50 Å². The van der Waals surface area contributed by atoms with Crippen molar-refractivity contribution in [1.82, 2.24) is 0 Å². The molecule has 0 saturated carbocycles. The Hall–Kier alpha value is -1.40. The normalized spacial score (nSPS) is 12.2. The van der Waals surface area contributed by atoms with Crippen LogP contribution in [0.1, 0.15) is 43.4 Å². The lowest BCUT2D eigenvalue weighted by atomic mass is 9.91. The summed E-state index contributed by atoms with van der Waals surface area (Å²) < 4.78 is 14.3. The molecule has 118 valence electrons. The van der Waals surface area contributed by atoms with E-state index in [0.717, 1.165) is 34.8 Å². The van der Waals surface area contributed by atoms with Crippen molar-refractivity contribution in [3.05, 3.63) is 58.9 Å². The van der Waals surface area contributed by atoms with Crippen LogP contribution in [0.5, 0.6) is 5.75 Å². The van der Waals surface area contributed by atoms with E-state index in [1.807, 2.05) is 32.0 Å². The number of aryl methyl sites for hydroxylation is 2. The van der Waals surface area contributed by atoms with E-state index < -0.39 is 0 Å². The van der Waals surface area contributed by atoms with Gasteiger partial charge in [0, 0.05) is 16.0 Å². The Kier molecular flexibility index (Phi) is 5.24. The molecule has 0 spiro atoms. The zero-order valence-electron chi connectivity index (χ0n) is 13.7. The average Bonchev–Trinajstić information content (AvgIpc) is 2.50. The summed E-state index contributed by atoms with van der Waals surface area (Å²) in [5.41, 5.74) is 3.05. The molecule has 2 aromatic rings. The number of phenols is 1. The zero-order chi connectivity index (χ0) is 16.3. The van der Waals surface area contributed by atoms with Crippen LogP contribution in [0.25, 0.3) is 0 Å². The molecule has 1 nitrogen and oxygen atoms in total. The van der Waals surface area contributed by atoms with Crippen LogP contribution < -0.4 is 5.30 Å². The van der Waals surface area contributed by atoms with Crippen molar-refractivity contribution < 1.29 is 9.50 Å². The maximum absolute atomic E-state index is 14.3. The van der Waals surface area contributed by atoms with Crippen LogP contribution >= 0.6 is 8.58 Å². The standard InChI is InChI=1S/C19H24FOP/c1-5-19(6-2,15-12-13(3)10-11-17(15)21)22-18-14(4)8-7-9-16(18)20/h7-12,21-22H,5-6H2,1-4H3. The van der Waals surface area contributed by atoms with Crippen LogP contribution in [0.3, 0.4) is 0 Å². The van der Waals surface area contributed by atoms with Crippen molar-refractivity contribution in [3.63, 3.8) is 0 Å². The minimum Gasteiger partial charge on any atom is -0.508 e. The number of rotatable bonds is 5. The first-order valence-corrected chi connectivity index (χ1v) is 8.77. The van der Waals surface area contributed by atoms with E-state index in [-0.39, 0.29) is 11.0 Å². The van der Waals surface area contributed by atoms with Gasteiger partial charge < -0.3 is 5.11 Å². The molecule has 3 heteroatoms. The Morgan fingerprint density at radius 1 is 1.09 bits per heavy atom. The first kappa shape index (κ1) is 17.0. The molecule has 0 aromatic heterocycles. The fourth-order valence-corrected chi connectivity index (χ4v) is 4.59. The minimum absolute atomic E-state index is 0.142. The quantitative estimate of drug-likeness (QED) is 0.754. The van der Waals surface area contributed by atoms with Gasteiger partial charge in [-0.3, -0.25) is 0 Å². The summed E-state index contributed by atoms with van der Waals surface area (Å²) in [7, 11) is 0.299. The van der Waals surface area contributed by atoms with E-state index in [2.05, 4.69) is 13.8 Å². The van der Waals surface area contributed by atoms with E-state index in [1.54, 1.807) is 12.1 Å². The molecule has 22 heavy (non-hydrogen) atoms. The van der Waals surface area contributed by atoms with Gasteiger partial charge >= 0.3 is 0 Å². The number of halogens is 1. The van der Waals surface area contributed by atoms with Gasteiger partial charge in [-0.05, 0) is 44.4 Å². The molecule has 0 amide bonds. The van der Waals surface area contributed by atoms with Crippen LogP contribution in [0.2, 0.25) is 0 Å². The molecular formula is C19H24FOP. The van der Waals surface area contributed by atoms with Crippen LogP contribution in [0.4, 0.5) is 4.39 Å². The number of phenolic OH excluding ortho intramolecular Hbond substituents is 1. The van der Waals surface area contributed by atoms with Gasteiger partial charge in [0.1, 0.15) is 11.6 Å². The molecule has 2 aromatic carbocycles. The number of aromatic hydroxyl groups is 1. The van der Waals surface area contributed by atoms with Gasteiger partial charge in [-0.15, -0.1) is 0 Å². The molecule has 0 aliphatic rings. The summed E-state index contributed by atoms with van der Waals surface area (Å²) in [6.45, 7) is 8.22. The van der Waals surface area contributed by atoms with Crippen LogP contribution in [-0.4, -0.2) is 5.11 Å². The Bertz CT molecular complexity index is 642. The van der Waals surface area contributed by atoms with Gasteiger partial charge in [-0.1, -0.05) is 52.3 Å². The molecule has 1 atom stereocenters. The van der Waals surface area contributed by atoms with Gasteiger partial charge in [0.15, 0.2) is 0 Å². The number of hydrogen-bond donors (Lipinski definition) is 1. The van der Waals surface area contributed by atoms with Crippen LogP contribution in [0, 0.1) is 19.7 Å². The van der Waals surface area contributed by atoms with Crippen molar-refractivity contribution in [2.75, 3.05) is 0 Å². The third kappa shape index (κ3) is 3.17. The lowest BCUT2D eigenvalue weighted by molar-refractivity contribution is 0.448. The summed E-state index contributed by atoms with van der Waals surface area (Å²) in [6.07, 6.45) is 1.74. The van der Waals surface area contributed by atoms with Crippen molar-refractivity contribution in [1.29, 1.82) is 0 Å². The second-order valence-corrected chi connectivity index (χ2v) is 7.57. The largest absolute Gasteiger partial charge is 0.508 e. The monoisotopic (exact) mass is 318 g/mol. The number of benzene rings is 2. The smallest absolute Gasteiger partial charge is 0.130 e. The Morgan fingerprint density at radius 2 is 1.77 bits per heavy atom.